The molecule has 0 saturated carbocycles. The Kier molecular flexibility index (Phi) is 5.05. The number of carbonyl (C=O) groups excluding carboxylic acids is 1. The summed E-state index contributed by atoms with van der Waals surface area (Å²) in [6.45, 7) is 1.86. The van der Waals surface area contributed by atoms with E-state index in [-0.39, 0.29) is 27.4 Å². The summed E-state index contributed by atoms with van der Waals surface area (Å²) in [7, 11) is 0. The van der Waals surface area contributed by atoms with Gasteiger partial charge >= 0.3 is 0 Å². The summed E-state index contributed by atoms with van der Waals surface area (Å²) in [6.07, 6.45) is 3.66. The molecule has 1 aromatic heterocycles. The third-order valence-corrected chi connectivity index (χ3v) is 4.02. The molecule has 8 heteroatoms. The van der Waals surface area contributed by atoms with E-state index in [9.17, 15) is 19.7 Å². The highest BCUT2D eigenvalue weighted by Crippen LogP contribution is 2.27. The van der Waals surface area contributed by atoms with E-state index < -0.39 is 10.8 Å². The second-order valence-electron chi connectivity index (χ2n) is 5.76. The van der Waals surface area contributed by atoms with E-state index in [4.69, 9.17) is 16.0 Å². The fourth-order valence-corrected chi connectivity index (χ4v) is 2.64. The fourth-order valence-electron chi connectivity index (χ4n) is 2.48. The van der Waals surface area contributed by atoms with Crippen LogP contribution in [-0.4, -0.2) is 10.8 Å². The molecule has 0 saturated heterocycles. The fraction of sp³-hybridized carbons (Fsp3) is 0.0526. The van der Waals surface area contributed by atoms with Gasteiger partial charge in [-0.25, -0.2) is 0 Å². The highest BCUT2D eigenvalue weighted by atomic mass is 35.5. The number of nitrogens with one attached hydrogen (secondary N) is 1. The monoisotopic (exact) mass is 384 g/mol. The van der Waals surface area contributed by atoms with Gasteiger partial charge in [-0.05, 0) is 37.3 Å². The maximum atomic E-state index is 12.5. The Morgan fingerprint density at radius 3 is 2.78 bits per heavy atom. The molecule has 0 aliphatic rings. The van der Waals surface area contributed by atoms with Crippen LogP contribution in [0.2, 0.25) is 5.02 Å². The van der Waals surface area contributed by atoms with Crippen molar-refractivity contribution in [2.45, 2.75) is 6.92 Å². The van der Waals surface area contributed by atoms with E-state index in [1.165, 1.54) is 24.5 Å². The van der Waals surface area contributed by atoms with Crippen molar-refractivity contribution < 1.29 is 14.1 Å². The maximum Gasteiger partial charge on any atom is 0.294 e. The molecule has 2 aromatic carbocycles. The molecule has 136 valence electrons. The molecular formula is C19H13ClN2O5. The molecule has 0 aliphatic heterocycles. The minimum atomic E-state index is -0.647. The number of nitro benzene ring substituents is 1. The molecule has 0 bridgehead atoms. The molecule has 0 radical (unpaired) electrons. The van der Waals surface area contributed by atoms with Crippen molar-refractivity contribution in [3.05, 3.63) is 85.2 Å². The normalized spacial score (nSPS) is 11.0. The Morgan fingerprint density at radius 1 is 1.26 bits per heavy atom. The van der Waals surface area contributed by atoms with Crippen LogP contribution >= 0.6 is 11.6 Å². The average Bonchev–Trinajstić information content (AvgIpc) is 2.63. The number of aryl methyl sites for hydroxylation is 1. The van der Waals surface area contributed by atoms with E-state index in [0.29, 0.717) is 11.0 Å². The number of rotatable bonds is 4. The van der Waals surface area contributed by atoms with Gasteiger partial charge in [-0.15, -0.1) is 0 Å². The van der Waals surface area contributed by atoms with Crippen LogP contribution in [0.15, 0.2) is 57.9 Å². The van der Waals surface area contributed by atoms with Gasteiger partial charge in [0.2, 0.25) is 5.91 Å². The number of benzene rings is 2. The first kappa shape index (κ1) is 18.3. The van der Waals surface area contributed by atoms with Crippen LogP contribution in [0, 0.1) is 17.0 Å². The lowest BCUT2D eigenvalue weighted by atomic mass is 10.1. The second-order valence-corrected chi connectivity index (χ2v) is 6.20. The topological polar surface area (TPSA) is 102 Å². The molecule has 0 aliphatic carbocycles. The zero-order valence-electron chi connectivity index (χ0n) is 14.1. The number of fused-ring (bicyclic) bond motifs is 1. The zero-order valence-corrected chi connectivity index (χ0v) is 14.8. The molecule has 0 spiro atoms. The average molecular weight is 385 g/mol. The van der Waals surface area contributed by atoms with Gasteiger partial charge in [-0.1, -0.05) is 23.2 Å². The van der Waals surface area contributed by atoms with Crippen LogP contribution in [0.4, 0.5) is 11.4 Å². The standard InChI is InChI=1S/C19H13ClN2O5/c1-11-2-6-17-14(8-11)19(24)12(10-27-17)3-7-18(23)21-15-5-4-13(20)9-16(15)22(25)26/h2-10H,1H3,(H,21,23)/b7-3+. The summed E-state index contributed by atoms with van der Waals surface area (Å²) >= 11 is 5.74. The summed E-state index contributed by atoms with van der Waals surface area (Å²) in [5, 5.41) is 14.0. The molecule has 1 heterocycles. The van der Waals surface area contributed by atoms with Crippen molar-refractivity contribution in [3.63, 3.8) is 0 Å². The first-order valence-electron chi connectivity index (χ1n) is 7.80. The minimum absolute atomic E-state index is 0.000204. The van der Waals surface area contributed by atoms with Crippen LogP contribution in [0.3, 0.4) is 0 Å². The van der Waals surface area contributed by atoms with Crippen LogP contribution in [0.5, 0.6) is 0 Å². The Bertz CT molecular complexity index is 1150. The molecule has 0 atom stereocenters. The Balaban J connectivity index is 1.86. The molecule has 27 heavy (non-hydrogen) atoms. The van der Waals surface area contributed by atoms with E-state index in [0.717, 1.165) is 17.7 Å². The highest BCUT2D eigenvalue weighted by Gasteiger charge is 2.15. The van der Waals surface area contributed by atoms with Crippen LogP contribution in [0.1, 0.15) is 11.1 Å². The van der Waals surface area contributed by atoms with Crippen LogP contribution in [-0.2, 0) is 4.79 Å². The SMILES string of the molecule is Cc1ccc2occ(/C=C/C(=O)Nc3ccc(Cl)cc3[N+](=O)[O-])c(=O)c2c1. The van der Waals surface area contributed by atoms with E-state index >= 15 is 0 Å². The van der Waals surface area contributed by atoms with E-state index in [2.05, 4.69) is 5.32 Å². The summed E-state index contributed by atoms with van der Waals surface area (Å²) in [6, 6.07) is 9.13. The number of hydrogen-bond acceptors (Lipinski definition) is 5. The molecule has 3 rings (SSSR count). The number of hydrogen-bond donors (Lipinski definition) is 1. The molecule has 1 amide bonds. The van der Waals surface area contributed by atoms with Crippen molar-refractivity contribution in [1.82, 2.24) is 0 Å². The van der Waals surface area contributed by atoms with Gasteiger partial charge < -0.3 is 9.73 Å². The van der Waals surface area contributed by atoms with Crippen LogP contribution in [0.25, 0.3) is 17.0 Å². The number of anilines is 1. The molecule has 7 nitrogen and oxygen atoms in total. The number of amides is 1. The van der Waals surface area contributed by atoms with Gasteiger partial charge in [0.15, 0.2) is 5.43 Å². The zero-order chi connectivity index (χ0) is 19.6. The lowest BCUT2D eigenvalue weighted by Crippen LogP contribution is -2.10. The van der Waals surface area contributed by atoms with Gasteiger partial charge in [0.1, 0.15) is 17.5 Å². The van der Waals surface area contributed by atoms with E-state index in [1.807, 2.05) is 13.0 Å². The van der Waals surface area contributed by atoms with Gasteiger partial charge in [-0.3, -0.25) is 19.7 Å². The summed E-state index contributed by atoms with van der Waals surface area (Å²) in [5.74, 6) is -0.635. The molecular weight excluding hydrogens is 372 g/mol. The largest absolute Gasteiger partial charge is 0.463 e. The van der Waals surface area contributed by atoms with Gasteiger partial charge in [0.25, 0.3) is 5.69 Å². The Labute approximate surface area is 158 Å². The third-order valence-electron chi connectivity index (χ3n) is 3.78. The summed E-state index contributed by atoms with van der Waals surface area (Å²) in [4.78, 5) is 35.0. The third kappa shape index (κ3) is 4.04. The van der Waals surface area contributed by atoms with Gasteiger partial charge in [0.05, 0.1) is 15.9 Å². The van der Waals surface area contributed by atoms with Crippen molar-refractivity contribution >= 4 is 45.9 Å². The Morgan fingerprint density at radius 2 is 2.04 bits per heavy atom. The number of nitro groups is 1. The summed E-state index contributed by atoms with van der Waals surface area (Å²) in [5.41, 5.74) is 0.938. The molecule has 0 unspecified atom stereocenters. The van der Waals surface area contributed by atoms with Gasteiger partial charge in [-0.2, -0.15) is 0 Å². The van der Waals surface area contributed by atoms with Crippen molar-refractivity contribution in [3.8, 4) is 0 Å². The number of halogens is 1. The predicted molar refractivity (Wildman–Crippen MR) is 103 cm³/mol. The molecule has 3 aromatic rings. The van der Waals surface area contributed by atoms with Crippen molar-refractivity contribution in [1.29, 1.82) is 0 Å². The number of carbonyl (C=O) groups is 1. The molecule has 0 fully saturated rings. The summed E-state index contributed by atoms with van der Waals surface area (Å²) < 4.78 is 5.41. The molecule has 1 N–H and O–H groups in total. The highest BCUT2D eigenvalue weighted by molar-refractivity contribution is 6.31. The number of nitrogens with zero attached hydrogens (tertiary/aromatic N) is 1. The predicted octanol–water partition coefficient (Wildman–Crippen LogP) is 4.31. The van der Waals surface area contributed by atoms with E-state index in [1.54, 1.807) is 12.1 Å². The second kappa shape index (κ2) is 7.43. The maximum absolute atomic E-state index is 12.5. The van der Waals surface area contributed by atoms with Gasteiger partial charge in [0, 0.05) is 17.2 Å². The quantitative estimate of drug-likeness (QED) is 0.410. The smallest absolute Gasteiger partial charge is 0.294 e. The first-order valence-corrected chi connectivity index (χ1v) is 8.18. The lowest BCUT2D eigenvalue weighted by Gasteiger charge is -2.04. The lowest BCUT2D eigenvalue weighted by molar-refractivity contribution is -0.383. The van der Waals surface area contributed by atoms with Crippen molar-refractivity contribution in [2.75, 3.05) is 5.32 Å². The Hall–Kier alpha value is -3.45. The first-order chi connectivity index (χ1) is 12.8. The van der Waals surface area contributed by atoms with Crippen LogP contribution < -0.4 is 10.7 Å². The minimum Gasteiger partial charge on any atom is -0.463 e. The van der Waals surface area contributed by atoms with Crippen molar-refractivity contribution in [2.24, 2.45) is 0 Å².